The second-order valence-electron chi connectivity index (χ2n) is 7.15. The number of hydrogen-bond donors (Lipinski definition) is 1. The predicted octanol–water partition coefficient (Wildman–Crippen LogP) is 3.44. The number of carbonyl (C=O) groups is 2. The fourth-order valence-electron chi connectivity index (χ4n) is 3.61. The Balaban J connectivity index is 1.63. The molecule has 2 heterocycles. The summed E-state index contributed by atoms with van der Waals surface area (Å²) >= 11 is 0. The number of piperidine rings is 1. The SMILES string of the molecule is CCc1nc(C)ccc1OCC(=O)N1CCC[C@H](c2cccc(C(=O)O)c2)C1. The van der Waals surface area contributed by atoms with Gasteiger partial charge in [-0.25, -0.2) is 4.79 Å². The molecule has 1 atom stereocenters. The number of carboxylic acids is 1. The molecule has 1 saturated heterocycles. The van der Waals surface area contributed by atoms with Crippen LogP contribution in [-0.2, 0) is 11.2 Å². The Bertz CT molecular complexity index is 865. The highest BCUT2D eigenvalue weighted by atomic mass is 16.5. The molecular weight excluding hydrogens is 356 g/mol. The summed E-state index contributed by atoms with van der Waals surface area (Å²) in [6, 6.07) is 10.7. The van der Waals surface area contributed by atoms with Gasteiger partial charge in [0, 0.05) is 24.7 Å². The van der Waals surface area contributed by atoms with Crippen LogP contribution in [-0.4, -0.2) is 46.6 Å². The number of aromatic nitrogens is 1. The van der Waals surface area contributed by atoms with Gasteiger partial charge in [-0.1, -0.05) is 19.1 Å². The number of nitrogens with zero attached hydrogens (tertiary/aromatic N) is 2. The molecule has 0 saturated carbocycles. The maximum atomic E-state index is 12.7. The van der Waals surface area contributed by atoms with E-state index in [2.05, 4.69) is 4.98 Å². The number of likely N-dealkylation sites (tertiary alicyclic amines) is 1. The third-order valence-corrected chi connectivity index (χ3v) is 5.14. The first-order valence-corrected chi connectivity index (χ1v) is 9.68. The molecule has 1 amide bonds. The lowest BCUT2D eigenvalue weighted by atomic mass is 9.89. The van der Waals surface area contributed by atoms with Crippen molar-refractivity contribution in [3.05, 3.63) is 58.9 Å². The number of carboxylic acid groups (broad SMARTS) is 1. The fraction of sp³-hybridized carbons (Fsp3) is 0.409. The monoisotopic (exact) mass is 382 g/mol. The van der Waals surface area contributed by atoms with E-state index in [1.165, 1.54) is 0 Å². The molecule has 0 spiro atoms. The minimum Gasteiger partial charge on any atom is -0.482 e. The third-order valence-electron chi connectivity index (χ3n) is 5.14. The molecule has 0 unspecified atom stereocenters. The lowest BCUT2D eigenvalue weighted by Crippen LogP contribution is -2.41. The summed E-state index contributed by atoms with van der Waals surface area (Å²) in [7, 11) is 0. The van der Waals surface area contributed by atoms with Gasteiger partial charge in [-0.15, -0.1) is 0 Å². The molecule has 0 radical (unpaired) electrons. The molecule has 0 aliphatic carbocycles. The van der Waals surface area contributed by atoms with Crippen molar-refractivity contribution in [2.24, 2.45) is 0 Å². The van der Waals surface area contributed by atoms with Crippen molar-refractivity contribution in [1.29, 1.82) is 0 Å². The zero-order valence-electron chi connectivity index (χ0n) is 16.4. The average molecular weight is 382 g/mol. The van der Waals surface area contributed by atoms with Gasteiger partial charge in [0.15, 0.2) is 6.61 Å². The molecule has 1 aliphatic rings. The van der Waals surface area contributed by atoms with E-state index in [1.54, 1.807) is 18.2 Å². The minimum atomic E-state index is -0.933. The van der Waals surface area contributed by atoms with Gasteiger partial charge in [0.05, 0.1) is 11.3 Å². The van der Waals surface area contributed by atoms with Gasteiger partial charge in [0.2, 0.25) is 0 Å². The maximum absolute atomic E-state index is 12.7. The molecule has 1 fully saturated rings. The highest BCUT2D eigenvalue weighted by Crippen LogP contribution is 2.28. The molecule has 2 aromatic rings. The number of aromatic carboxylic acids is 1. The van der Waals surface area contributed by atoms with Gasteiger partial charge in [-0.2, -0.15) is 0 Å². The second kappa shape index (κ2) is 8.87. The van der Waals surface area contributed by atoms with Crippen LogP contribution in [0.4, 0.5) is 0 Å². The molecule has 1 aliphatic heterocycles. The molecule has 1 aromatic heterocycles. The molecular formula is C22H26N2O4. The topological polar surface area (TPSA) is 79.7 Å². The largest absolute Gasteiger partial charge is 0.482 e. The van der Waals surface area contributed by atoms with E-state index in [0.717, 1.165) is 36.2 Å². The first kappa shape index (κ1) is 19.9. The summed E-state index contributed by atoms with van der Waals surface area (Å²) in [5, 5.41) is 9.20. The van der Waals surface area contributed by atoms with Crippen LogP contribution in [0.15, 0.2) is 36.4 Å². The van der Waals surface area contributed by atoms with Gasteiger partial charge < -0.3 is 14.7 Å². The van der Waals surface area contributed by atoms with Crippen molar-refractivity contribution in [3.63, 3.8) is 0 Å². The van der Waals surface area contributed by atoms with E-state index in [9.17, 15) is 14.7 Å². The van der Waals surface area contributed by atoms with Crippen LogP contribution in [0, 0.1) is 6.92 Å². The standard InChI is InChI=1S/C22H26N2O4/c1-3-19-20(10-9-15(2)23-19)28-14-21(25)24-11-5-8-18(13-24)16-6-4-7-17(12-16)22(26)27/h4,6-7,9-10,12,18H,3,5,8,11,13-14H2,1-2H3,(H,26,27)/t18-/m0/s1. The number of hydrogen-bond acceptors (Lipinski definition) is 4. The quantitative estimate of drug-likeness (QED) is 0.828. The van der Waals surface area contributed by atoms with Crippen molar-refractivity contribution >= 4 is 11.9 Å². The highest BCUT2D eigenvalue weighted by molar-refractivity contribution is 5.87. The number of rotatable bonds is 6. The smallest absolute Gasteiger partial charge is 0.335 e. The van der Waals surface area contributed by atoms with Crippen molar-refractivity contribution < 1.29 is 19.4 Å². The summed E-state index contributed by atoms with van der Waals surface area (Å²) in [5.41, 5.74) is 3.03. The second-order valence-corrected chi connectivity index (χ2v) is 7.15. The Kier molecular flexibility index (Phi) is 6.29. The van der Waals surface area contributed by atoms with E-state index in [1.807, 2.05) is 36.9 Å². The first-order valence-electron chi connectivity index (χ1n) is 9.68. The molecule has 1 N–H and O–H groups in total. The van der Waals surface area contributed by atoms with Crippen molar-refractivity contribution in [2.75, 3.05) is 19.7 Å². The average Bonchev–Trinajstić information content (AvgIpc) is 2.72. The first-order chi connectivity index (χ1) is 13.5. The Morgan fingerprint density at radius 1 is 1.29 bits per heavy atom. The summed E-state index contributed by atoms with van der Waals surface area (Å²) in [6.45, 7) is 5.21. The number of ether oxygens (including phenoxy) is 1. The van der Waals surface area contributed by atoms with Crippen molar-refractivity contribution in [1.82, 2.24) is 9.88 Å². The Morgan fingerprint density at radius 3 is 2.86 bits per heavy atom. The van der Waals surface area contributed by atoms with Crippen LogP contribution in [0.1, 0.15) is 53.0 Å². The zero-order chi connectivity index (χ0) is 20.1. The molecule has 0 bridgehead atoms. The van der Waals surface area contributed by atoms with E-state index < -0.39 is 5.97 Å². The van der Waals surface area contributed by atoms with Crippen molar-refractivity contribution in [3.8, 4) is 5.75 Å². The number of pyridine rings is 1. The lowest BCUT2D eigenvalue weighted by molar-refractivity contribution is -0.134. The minimum absolute atomic E-state index is 0.0143. The fourth-order valence-corrected chi connectivity index (χ4v) is 3.61. The van der Waals surface area contributed by atoms with Crippen LogP contribution < -0.4 is 4.74 Å². The molecule has 6 nitrogen and oxygen atoms in total. The number of aryl methyl sites for hydroxylation is 2. The number of carbonyl (C=O) groups excluding carboxylic acids is 1. The summed E-state index contributed by atoms with van der Waals surface area (Å²) in [5.74, 6) is -0.187. The Morgan fingerprint density at radius 2 is 2.11 bits per heavy atom. The van der Waals surface area contributed by atoms with Gasteiger partial charge in [0.1, 0.15) is 5.75 Å². The summed E-state index contributed by atoms with van der Waals surface area (Å²) in [6.07, 6.45) is 2.58. The predicted molar refractivity (Wildman–Crippen MR) is 106 cm³/mol. The number of amides is 1. The molecule has 148 valence electrons. The summed E-state index contributed by atoms with van der Waals surface area (Å²) in [4.78, 5) is 30.2. The molecule has 6 heteroatoms. The van der Waals surface area contributed by atoms with Crippen molar-refractivity contribution in [2.45, 2.75) is 39.0 Å². The Hall–Kier alpha value is -2.89. The van der Waals surface area contributed by atoms with Gasteiger partial charge in [0.25, 0.3) is 5.91 Å². The molecule has 28 heavy (non-hydrogen) atoms. The Labute approximate surface area is 165 Å². The molecule has 1 aromatic carbocycles. The van der Waals surface area contributed by atoms with Crippen LogP contribution >= 0.6 is 0 Å². The van der Waals surface area contributed by atoms with Crippen LogP contribution in [0.5, 0.6) is 5.75 Å². The van der Waals surface area contributed by atoms with Crippen LogP contribution in [0.3, 0.4) is 0 Å². The number of benzene rings is 1. The summed E-state index contributed by atoms with van der Waals surface area (Å²) < 4.78 is 5.76. The maximum Gasteiger partial charge on any atom is 0.335 e. The van der Waals surface area contributed by atoms with Gasteiger partial charge >= 0.3 is 5.97 Å². The van der Waals surface area contributed by atoms with Crippen LogP contribution in [0.25, 0.3) is 0 Å². The van der Waals surface area contributed by atoms with Crippen LogP contribution in [0.2, 0.25) is 0 Å². The van der Waals surface area contributed by atoms with E-state index in [-0.39, 0.29) is 24.0 Å². The lowest BCUT2D eigenvalue weighted by Gasteiger charge is -2.33. The highest BCUT2D eigenvalue weighted by Gasteiger charge is 2.25. The van der Waals surface area contributed by atoms with E-state index in [4.69, 9.17) is 4.74 Å². The molecule has 3 rings (SSSR count). The third kappa shape index (κ3) is 4.68. The van der Waals surface area contributed by atoms with E-state index in [0.29, 0.717) is 18.8 Å². The zero-order valence-corrected chi connectivity index (χ0v) is 16.4. The van der Waals surface area contributed by atoms with E-state index >= 15 is 0 Å². The van der Waals surface area contributed by atoms with Gasteiger partial charge in [-0.3, -0.25) is 9.78 Å². The normalized spacial score (nSPS) is 16.6. The van der Waals surface area contributed by atoms with Gasteiger partial charge in [-0.05, 0) is 56.0 Å².